The summed E-state index contributed by atoms with van der Waals surface area (Å²) in [5.74, 6) is -0.152. The monoisotopic (exact) mass is 316 g/mol. The molecule has 0 unspecified atom stereocenters. The molecule has 0 spiro atoms. The SMILES string of the molecule is CCOC(=O)c1cc2c(I)cccc2o1. The number of halogens is 1. The van der Waals surface area contributed by atoms with Crippen LogP contribution in [0.1, 0.15) is 17.5 Å². The molecule has 0 bridgehead atoms. The van der Waals surface area contributed by atoms with E-state index >= 15 is 0 Å². The molecule has 2 aromatic rings. The molecule has 0 radical (unpaired) electrons. The molecule has 1 aromatic carbocycles. The van der Waals surface area contributed by atoms with Crippen molar-refractivity contribution in [2.45, 2.75) is 6.92 Å². The molecule has 2 rings (SSSR count). The zero-order valence-electron chi connectivity index (χ0n) is 8.12. The molecule has 1 heterocycles. The molecule has 3 nitrogen and oxygen atoms in total. The van der Waals surface area contributed by atoms with Crippen LogP contribution in [-0.2, 0) is 4.74 Å². The van der Waals surface area contributed by atoms with Gasteiger partial charge in [0.2, 0.25) is 5.76 Å². The first kappa shape index (κ1) is 10.5. The average Bonchev–Trinajstić information content (AvgIpc) is 2.63. The first-order valence-electron chi connectivity index (χ1n) is 4.57. The van der Waals surface area contributed by atoms with Crippen LogP contribution in [0.15, 0.2) is 28.7 Å². The predicted octanol–water partition coefficient (Wildman–Crippen LogP) is 3.21. The van der Waals surface area contributed by atoms with E-state index in [2.05, 4.69) is 22.6 Å². The van der Waals surface area contributed by atoms with E-state index in [9.17, 15) is 4.79 Å². The van der Waals surface area contributed by atoms with E-state index in [0.29, 0.717) is 12.2 Å². The first-order chi connectivity index (χ1) is 7.22. The Kier molecular flexibility index (Phi) is 2.95. The van der Waals surface area contributed by atoms with Gasteiger partial charge in [-0.25, -0.2) is 4.79 Å². The number of esters is 1. The molecule has 0 N–H and O–H groups in total. The van der Waals surface area contributed by atoms with Gasteiger partial charge in [-0.05, 0) is 41.6 Å². The molecule has 0 saturated heterocycles. The maximum atomic E-state index is 11.4. The average molecular weight is 316 g/mol. The number of benzene rings is 1. The van der Waals surface area contributed by atoms with Crippen molar-refractivity contribution in [3.63, 3.8) is 0 Å². The fourth-order valence-electron chi connectivity index (χ4n) is 1.33. The minimum atomic E-state index is -0.412. The number of hydrogen-bond acceptors (Lipinski definition) is 3. The number of hydrogen-bond donors (Lipinski definition) is 0. The fourth-order valence-corrected chi connectivity index (χ4v) is 1.96. The van der Waals surface area contributed by atoms with Gasteiger partial charge < -0.3 is 9.15 Å². The van der Waals surface area contributed by atoms with Crippen molar-refractivity contribution in [3.05, 3.63) is 33.6 Å². The lowest BCUT2D eigenvalue weighted by Crippen LogP contribution is -2.02. The van der Waals surface area contributed by atoms with Gasteiger partial charge in [-0.1, -0.05) is 6.07 Å². The molecule has 0 fully saturated rings. The van der Waals surface area contributed by atoms with Crippen LogP contribution in [0.5, 0.6) is 0 Å². The Morgan fingerprint density at radius 1 is 1.53 bits per heavy atom. The number of carbonyl (C=O) groups is 1. The molecule has 78 valence electrons. The van der Waals surface area contributed by atoms with Gasteiger partial charge in [-0.15, -0.1) is 0 Å². The highest BCUT2D eigenvalue weighted by Crippen LogP contribution is 2.24. The second-order valence-corrected chi connectivity index (χ2v) is 4.14. The van der Waals surface area contributed by atoms with Crippen LogP contribution in [0.3, 0.4) is 0 Å². The lowest BCUT2D eigenvalue weighted by Gasteiger charge is -1.95. The van der Waals surface area contributed by atoms with Crippen molar-refractivity contribution in [2.24, 2.45) is 0 Å². The minimum absolute atomic E-state index is 0.260. The lowest BCUT2D eigenvalue weighted by molar-refractivity contribution is 0.0492. The molecule has 15 heavy (non-hydrogen) atoms. The van der Waals surface area contributed by atoms with Gasteiger partial charge in [-0.2, -0.15) is 0 Å². The second kappa shape index (κ2) is 4.22. The van der Waals surface area contributed by atoms with Crippen LogP contribution in [-0.4, -0.2) is 12.6 Å². The summed E-state index contributed by atoms with van der Waals surface area (Å²) in [4.78, 5) is 11.4. The van der Waals surface area contributed by atoms with Crippen molar-refractivity contribution >= 4 is 39.5 Å². The fraction of sp³-hybridized carbons (Fsp3) is 0.182. The Morgan fingerprint density at radius 2 is 2.33 bits per heavy atom. The molecule has 4 heteroatoms. The number of fused-ring (bicyclic) bond motifs is 1. The molecular weight excluding hydrogens is 307 g/mol. The zero-order valence-corrected chi connectivity index (χ0v) is 10.3. The van der Waals surface area contributed by atoms with Crippen LogP contribution < -0.4 is 0 Å². The summed E-state index contributed by atoms with van der Waals surface area (Å²) < 4.78 is 11.3. The molecule has 0 amide bonds. The second-order valence-electron chi connectivity index (χ2n) is 2.98. The number of furan rings is 1. The predicted molar refractivity (Wildman–Crippen MR) is 64.9 cm³/mol. The zero-order chi connectivity index (χ0) is 10.8. The van der Waals surface area contributed by atoms with E-state index in [1.165, 1.54) is 0 Å². The Balaban J connectivity index is 2.47. The molecule has 0 aliphatic heterocycles. The van der Waals surface area contributed by atoms with E-state index in [0.717, 1.165) is 8.96 Å². The largest absolute Gasteiger partial charge is 0.460 e. The summed E-state index contributed by atoms with van der Waals surface area (Å²) in [5, 5.41) is 0.946. The van der Waals surface area contributed by atoms with Gasteiger partial charge in [0.15, 0.2) is 0 Å². The van der Waals surface area contributed by atoms with E-state index < -0.39 is 5.97 Å². The summed E-state index contributed by atoms with van der Waals surface area (Å²) in [7, 11) is 0. The van der Waals surface area contributed by atoms with Gasteiger partial charge >= 0.3 is 5.97 Å². The highest BCUT2D eigenvalue weighted by Gasteiger charge is 2.13. The Labute approximate surface area is 101 Å². The third-order valence-electron chi connectivity index (χ3n) is 1.98. The van der Waals surface area contributed by atoms with Gasteiger partial charge in [0.05, 0.1) is 6.61 Å². The minimum Gasteiger partial charge on any atom is -0.460 e. The van der Waals surface area contributed by atoms with Crippen LogP contribution in [0.2, 0.25) is 0 Å². The Hall–Kier alpha value is -1.04. The van der Waals surface area contributed by atoms with E-state index in [1.54, 1.807) is 13.0 Å². The molecule has 0 aliphatic rings. The standard InChI is InChI=1S/C11H9IO3/c1-2-14-11(13)10-6-7-8(12)4-3-5-9(7)15-10/h3-6H,2H2,1H3. The summed E-state index contributed by atoms with van der Waals surface area (Å²) in [6.07, 6.45) is 0. The lowest BCUT2D eigenvalue weighted by atomic mass is 10.2. The molecule has 0 saturated carbocycles. The Bertz CT molecular complexity index is 502. The quantitative estimate of drug-likeness (QED) is 0.631. The molecule has 0 atom stereocenters. The molecule has 1 aromatic heterocycles. The number of ether oxygens (including phenoxy) is 1. The highest BCUT2D eigenvalue weighted by atomic mass is 127. The first-order valence-corrected chi connectivity index (χ1v) is 5.65. The maximum absolute atomic E-state index is 11.4. The van der Waals surface area contributed by atoms with E-state index in [-0.39, 0.29) is 5.76 Å². The van der Waals surface area contributed by atoms with Crippen molar-refractivity contribution < 1.29 is 13.9 Å². The number of carbonyl (C=O) groups excluding carboxylic acids is 1. The third kappa shape index (κ3) is 1.99. The van der Waals surface area contributed by atoms with Crippen LogP contribution in [0.4, 0.5) is 0 Å². The van der Waals surface area contributed by atoms with Gasteiger partial charge in [0.1, 0.15) is 5.58 Å². The molecular formula is C11H9IO3. The van der Waals surface area contributed by atoms with Crippen molar-refractivity contribution in [3.8, 4) is 0 Å². The smallest absolute Gasteiger partial charge is 0.374 e. The van der Waals surface area contributed by atoms with Crippen molar-refractivity contribution in [1.29, 1.82) is 0 Å². The third-order valence-corrected chi connectivity index (χ3v) is 2.93. The summed E-state index contributed by atoms with van der Waals surface area (Å²) in [6, 6.07) is 7.41. The number of rotatable bonds is 2. The van der Waals surface area contributed by atoms with Crippen molar-refractivity contribution in [1.82, 2.24) is 0 Å². The summed E-state index contributed by atoms with van der Waals surface area (Å²) in [5.41, 5.74) is 0.713. The topological polar surface area (TPSA) is 39.4 Å². The van der Waals surface area contributed by atoms with Gasteiger partial charge in [-0.3, -0.25) is 0 Å². The normalized spacial score (nSPS) is 10.5. The van der Waals surface area contributed by atoms with Crippen molar-refractivity contribution in [2.75, 3.05) is 6.61 Å². The van der Waals surface area contributed by atoms with Crippen LogP contribution in [0, 0.1) is 3.57 Å². The van der Waals surface area contributed by atoms with Gasteiger partial charge in [0, 0.05) is 15.0 Å². The Morgan fingerprint density at radius 3 is 3.00 bits per heavy atom. The summed E-state index contributed by atoms with van der Waals surface area (Å²) >= 11 is 2.20. The van der Waals surface area contributed by atoms with Gasteiger partial charge in [0.25, 0.3) is 0 Å². The van der Waals surface area contributed by atoms with E-state index in [1.807, 2.05) is 18.2 Å². The van der Waals surface area contributed by atoms with Crippen LogP contribution in [0.25, 0.3) is 11.0 Å². The maximum Gasteiger partial charge on any atom is 0.374 e. The van der Waals surface area contributed by atoms with Crippen LogP contribution >= 0.6 is 22.6 Å². The highest BCUT2D eigenvalue weighted by molar-refractivity contribution is 14.1. The summed E-state index contributed by atoms with van der Waals surface area (Å²) in [6.45, 7) is 2.12. The van der Waals surface area contributed by atoms with E-state index in [4.69, 9.17) is 9.15 Å². The molecule has 0 aliphatic carbocycles.